The molecule has 10 heteroatoms. The monoisotopic (exact) mass is 246 g/mol. The minimum atomic E-state index is -4.00. The molecule has 0 amide bonds. The summed E-state index contributed by atoms with van der Waals surface area (Å²) in [6.07, 6.45) is -1.95. The molecule has 82 valence electrons. The highest BCUT2D eigenvalue weighted by Gasteiger charge is 2.43. The van der Waals surface area contributed by atoms with Crippen molar-refractivity contribution in [3.8, 4) is 0 Å². The quantitative estimate of drug-likeness (QED) is 0.539. The van der Waals surface area contributed by atoms with Crippen molar-refractivity contribution in [1.29, 1.82) is 0 Å². The van der Waals surface area contributed by atoms with Crippen molar-refractivity contribution < 1.29 is 33.6 Å². The normalized spacial score (nSPS) is 40.0. The molecule has 2 atom stereocenters. The lowest BCUT2D eigenvalue weighted by Gasteiger charge is -2.08. The summed E-state index contributed by atoms with van der Waals surface area (Å²) in [6.45, 7) is -0.544. The number of hydrogen-bond acceptors (Lipinski definition) is 8. The maximum Gasteiger partial charge on any atom is 0.400 e. The van der Waals surface area contributed by atoms with Gasteiger partial charge >= 0.3 is 20.8 Å². The zero-order valence-electron chi connectivity index (χ0n) is 6.65. The standard InChI is InChI=1S/C4H6O8S2/c5-13(6)9-1-3(11-13)4-2-10-14(7,8)12-4/h3-4H,1-2H2/t3-,4-/m0/s1. The molecule has 0 saturated carbocycles. The van der Waals surface area contributed by atoms with Crippen LogP contribution in [0.25, 0.3) is 0 Å². The van der Waals surface area contributed by atoms with Crippen LogP contribution in [0.5, 0.6) is 0 Å². The van der Waals surface area contributed by atoms with E-state index in [2.05, 4.69) is 16.7 Å². The van der Waals surface area contributed by atoms with Crippen molar-refractivity contribution in [3.05, 3.63) is 0 Å². The highest BCUT2D eigenvalue weighted by Crippen LogP contribution is 2.23. The Labute approximate surface area is 80.4 Å². The summed E-state index contributed by atoms with van der Waals surface area (Å²) >= 11 is 0. The minimum absolute atomic E-state index is 0.272. The Morgan fingerprint density at radius 2 is 1.14 bits per heavy atom. The zero-order chi connectivity index (χ0) is 10.4. The van der Waals surface area contributed by atoms with Crippen LogP contribution in [0.4, 0.5) is 0 Å². The van der Waals surface area contributed by atoms with Crippen LogP contribution in [0.15, 0.2) is 0 Å². The predicted molar refractivity (Wildman–Crippen MR) is 39.5 cm³/mol. The molecule has 2 rings (SSSR count). The summed E-state index contributed by atoms with van der Waals surface area (Å²) in [6, 6.07) is 0. The van der Waals surface area contributed by atoms with Gasteiger partial charge in [-0.3, -0.25) is 0 Å². The lowest BCUT2D eigenvalue weighted by atomic mass is 10.2. The Bertz CT molecular complexity index is 378. The molecule has 2 heterocycles. The molecular formula is C4H6O8S2. The molecule has 2 aliphatic rings. The summed E-state index contributed by atoms with van der Waals surface area (Å²) in [7, 11) is -8.00. The van der Waals surface area contributed by atoms with E-state index < -0.39 is 33.0 Å². The van der Waals surface area contributed by atoms with Crippen LogP contribution in [-0.4, -0.2) is 42.3 Å². The van der Waals surface area contributed by atoms with Gasteiger partial charge < -0.3 is 0 Å². The van der Waals surface area contributed by atoms with E-state index in [0.717, 1.165) is 0 Å². The highest BCUT2D eigenvalue weighted by atomic mass is 32.3. The van der Waals surface area contributed by atoms with Crippen molar-refractivity contribution in [2.75, 3.05) is 13.2 Å². The first-order valence-corrected chi connectivity index (χ1v) is 6.20. The molecule has 0 aliphatic carbocycles. The van der Waals surface area contributed by atoms with Gasteiger partial charge in [-0.2, -0.15) is 16.8 Å². The molecule has 0 aromatic heterocycles. The maximum absolute atomic E-state index is 10.7. The van der Waals surface area contributed by atoms with Crippen molar-refractivity contribution in [2.45, 2.75) is 12.2 Å². The van der Waals surface area contributed by atoms with E-state index in [9.17, 15) is 16.8 Å². The van der Waals surface area contributed by atoms with Gasteiger partial charge in [-0.05, 0) is 0 Å². The fourth-order valence-corrected chi connectivity index (χ4v) is 2.73. The van der Waals surface area contributed by atoms with Crippen molar-refractivity contribution in [1.82, 2.24) is 0 Å². The Kier molecular flexibility index (Phi) is 2.28. The summed E-state index contributed by atoms with van der Waals surface area (Å²) in [4.78, 5) is 0. The molecule has 14 heavy (non-hydrogen) atoms. The fraction of sp³-hybridized carbons (Fsp3) is 1.00. The first-order chi connectivity index (χ1) is 6.38. The first-order valence-electron chi connectivity index (χ1n) is 3.53. The van der Waals surface area contributed by atoms with Crippen LogP contribution in [0.2, 0.25) is 0 Å². The molecule has 0 bridgehead atoms. The van der Waals surface area contributed by atoms with Gasteiger partial charge in [0.2, 0.25) is 0 Å². The summed E-state index contributed by atoms with van der Waals surface area (Å²) in [5.74, 6) is 0. The minimum Gasteiger partial charge on any atom is -0.245 e. The van der Waals surface area contributed by atoms with Gasteiger partial charge in [0, 0.05) is 0 Å². The lowest BCUT2D eigenvalue weighted by Crippen LogP contribution is -2.30. The molecule has 0 aromatic rings. The SMILES string of the molecule is O=S1(=O)OC[C@@H]([C@@H]2COS(=O)(=O)O2)O1. The summed E-state index contributed by atoms with van der Waals surface area (Å²) < 4.78 is 60.0. The first kappa shape index (κ1) is 10.3. The molecule has 0 unspecified atom stereocenters. The number of rotatable bonds is 1. The van der Waals surface area contributed by atoms with Crippen LogP contribution >= 0.6 is 0 Å². The molecule has 0 aromatic carbocycles. The molecule has 2 saturated heterocycles. The second-order valence-electron chi connectivity index (χ2n) is 2.65. The van der Waals surface area contributed by atoms with Crippen molar-refractivity contribution in [2.24, 2.45) is 0 Å². The molecular weight excluding hydrogens is 240 g/mol. The van der Waals surface area contributed by atoms with E-state index in [-0.39, 0.29) is 13.2 Å². The van der Waals surface area contributed by atoms with Crippen molar-refractivity contribution in [3.63, 3.8) is 0 Å². The van der Waals surface area contributed by atoms with Crippen LogP contribution in [-0.2, 0) is 37.5 Å². The van der Waals surface area contributed by atoms with Gasteiger partial charge in [0.1, 0.15) is 12.2 Å². The predicted octanol–water partition coefficient (Wildman–Crippen LogP) is -1.69. The Morgan fingerprint density at radius 1 is 0.786 bits per heavy atom. The van der Waals surface area contributed by atoms with Gasteiger partial charge in [0.25, 0.3) is 0 Å². The van der Waals surface area contributed by atoms with E-state index >= 15 is 0 Å². The second-order valence-corrected chi connectivity index (χ2v) is 5.14. The maximum atomic E-state index is 10.7. The van der Waals surface area contributed by atoms with E-state index in [4.69, 9.17) is 0 Å². The summed E-state index contributed by atoms with van der Waals surface area (Å²) in [5.41, 5.74) is 0. The second kappa shape index (κ2) is 3.12. The highest BCUT2D eigenvalue weighted by molar-refractivity contribution is 7.82. The van der Waals surface area contributed by atoms with Crippen LogP contribution in [0.1, 0.15) is 0 Å². The van der Waals surface area contributed by atoms with Crippen LogP contribution in [0, 0.1) is 0 Å². The fourth-order valence-electron chi connectivity index (χ4n) is 1.05. The van der Waals surface area contributed by atoms with Crippen LogP contribution in [0.3, 0.4) is 0 Å². The molecule has 2 fully saturated rings. The molecule has 2 aliphatic heterocycles. The average molecular weight is 246 g/mol. The Balaban J connectivity index is 2.06. The van der Waals surface area contributed by atoms with Gasteiger partial charge in [-0.1, -0.05) is 0 Å². The lowest BCUT2D eigenvalue weighted by molar-refractivity contribution is 0.0847. The average Bonchev–Trinajstić information content (AvgIpc) is 2.54. The third kappa shape index (κ3) is 2.04. The Hall–Kier alpha value is -0.260. The van der Waals surface area contributed by atoms with Gasteiger partial charge in [-0.25, -0.2) is 16.7 Å². The van der Waals surface area contributed by atoms with Gasteiger partial charge in [0.05, 0.1) is 13.2 Å². The van der Waals surface area contributed by atoms with Gasteiger partial charge in [0.15, 0.2) is 0 Å². The molecule has 0 spiro atoms. The van der Waals surface area contributed by atoms with E-state index in [1.807, 2.05) is 0 Å². The van der Waals surface area contributed by atoms with E-state index in [0.29, 0.717) is 0 Å². The largest absolute Gasteiger partial charge is 0.400 e. The summed E-state index contributed by atoms with van der Waals surface area (Å²) in [5, 5.41) is 0. The topological polar surface area (TPSA) is 105 Å². The molecule has 8 nitrogen and oxygen atoms in total. The number of hydrogen-bond donors (Lipinski definition) is 0. The smallest absolute Gasteiger partial charge is 0.245 e. The zero-order valence-corrected chi connectivity index (χ0v) is 8.28. The van der Waals surface area contributed by atoms with Gasteiger partial charge in [-0.15, -0.1) is 0 Å². The van der Waals surface area contributed by atoms with E-state index in [1.165, 1.54) is 0 Å². The molecule has 0 radical (unpaired) electrons. The van der Waals surface area contributed by atoms with Crippen LogP contribution < -0.4 is 0 Å². The third-order valence-corrected chi connectivity index (χ3v) is 3.47. The van der Waals surface area contributed by atoms with Crippen molar-refractivity contribution >= 4 is 20.8 Å². The third-order valence-electron chi connectivity index (χ3n) is 1.65. The van der Waals surface area contributed by atoms with E-state index in [1.54, 1.807) is 0 Å². The molecule has 0 N–H and O–H groups in total. The Morgan fingerprint density at radius 3 is 1.36 bits per heavy atom.